The molecule has 0 aliphatic carbocycles. The molecule has 0 aromatic rings. The van der Waals surface area contributed by atoms with Crippen LogP contribution in [0.2, 0.25) is 0 Å². The molecule has 3 heteroatoms. The lowest BCUT2D eigenvalue weighted by Gasteiger charge is -2.34. The molecule has 3 nitrogen and oxygen atoms in total. The molecule has 70 valence electrons. The first kappa shape index (κ1) is 10.0. The van der Waals surface area contributed by atoms with Crippen LogP contribution < -0.4 is 0 Å². The Kier molecular flexibility index (Phi) is 3.28. The number of likely N-dealkylation sites (tertiary alicyclic amines) is 1. The molecule has 2 atom stereocenters. The maximum Gasteiger partial charge on any atom is 0.280 e. The maximum absolute atomic E-state index is 8.93. The third-order valence-electron chi connectivity index (χ3n) is 2.54. The van der Waals surface area contributed by atoms with Crippen molar-refractivity contribution in [2.45, 2.75) is 51.4 Å². The maximum atomic E-state index is 8.93. The highest BCUT2D eigenvalue weighted by Crippen LogP contribution is 2.25. The van der Waals surface area contributed by atoms with Crippen molar-refractivity contribution >= 4 is 0 Å². The number of hydrogen-bond acceptors (Lipinski definition) is 2. The monoisotopic (exact) mass is 177 g/mol. The van der Waals surface area contributed by atoms with Crippen LogP contribution in [0.3, 0.4) is 0 Å². The second kappa shape index (κ2) is 4.25. The molecular weight excluding hydrogens is 162 g/mol. The zero-order valence-corrected chi connectivity index (χ0v) is 8.20. The van der Waals surface area contributed by atoms with Crippen LogP contribution in [-0.2, 0) is 0 Å². The van der Waals surface area contributed by atoms with E-state index in [2.05, 4.69) is 10.9 Å². The first-order valence-electron chi connectivity index (χ1n) is 4.74. The average Bonchev–Trinajstić information content (AvgIpc) is 2.16. The van der Waals surface area contributed by atoms with Gasteiger partial charge in [-0.1, -0.05) is 0 Å². The van der Waals surface area contributed by atoms with Crippen LogP contribution in [-0.4, -0.2) is 23.1 Å². The van der Waals surface area contributed by atoms with E-state index in [1.165, 1.54) is 0 Å². The highest BCUT2D eigenvalue weighted by molar-refractivity contribution is 5.00. The second-order valence-electron chi connectivity index (χ2n) is 3.73. The topological polar surface area (TPSA) is 31.4 Å². The van der Waals surface area contributed by atoms with Gasteiger partial charge in [0.1, 0.15) is 6.04 Å². The highest BCUT2D eigenvalue weighted by Gasteiger charge is 2.35. The Bertz CT molecular complexity index is 224. The fourth-order valence-corrected chi connectivity index (χ4v) is 1.97. The Morgan fingerprint density at radius 3 is 2.69 bits per heavy atom. The number of rotatable bonds is 1. The van der Waals surface area contributed by atoms with E-state index >= 15 is 0 Å². The van der Waals surface area contributed by atoms with Gasteiger partial charge in [0, 0.05) is 12.5 Å². The van der Waals surface area contributed by atoms with E-state index in [4.69, 9.17) is 11.8 Å². The summed E-state index contributed by atoms with van der Waals surface area (Å²) in [7, 11) is 0. The van der Waals surface area contributed by atoms with Crippen molar-refractivity contribution in [3.63, 3.8) is 0 Å². The van der Waals surface area contributed by atoms with Crippen LogP contribution in [0.15, 0.2) is 0 Å². The van der Waals surface area contributed by atoms with E-state index in [1.807, 2.05) is 18.7 Å². The van der Waals surface area contributed by atoms with Crippen molar-refractivity contribution in [3.8, 4) is 6.07 Å². The van der Waals surface area contributed by atoms with Crippen LogP contribution in [0.1, 0.15) is 33.1 Å². The summed E-state index contributed by atoms with van der Waals surface area (Å²) in [5.74, 6) is 0. The van der Waals surface area contributed by atoms with Crippen molar-refractivity contribution < 1.29 is 0 Å². The first-order valence-corrected chi connectivity index (χ1v) is 4.74. The van der Waals surface area contributed by atoms with Crippen molar-refractivity contribution in [2.24, 2.45) is 0 Å². The van der Waals surface area contributed by atoms with Crippen LogP contribution in [0.25, 0.3) is 4.85 Å². The molecule has 0 N–H and O–H groups in total. The molecule has 1 rings (SSSR count). The zero-order valence-electron chi connectivity index (χ0n) is 8.20. The molecule has 1 aliphatic rings. The van der Waals surface area contributed by atoms with Crippen LogP contribution in [0.4, 0.5) is 0 Å². The molecule has 0 amide bonds. The highest BCUT2D eigenvalue weighted by atomic mass is 15.3. The lowest BCUT2D eigenvalue weighted by molar-refractivity contribution is 0.103. The number of nitriles is 1. The standard InChI is InChI=1S/C10H15N3/c1-8(2)13-9(7-11)5-4-6-10(13)12-3/h8-10H,4-6H2,1-2H3. The van der Waals surface area contributed by atoms with Gasteiger partial charge < -0.3 is 0 Å². The SMILES string of the molecule is [C-]#[N+]C1CCCC(C#N)N1C(C)C. The van der Waals surface area contributed by atoms with Gasteiger partial charge in [-0.25, -0.2) is 11.5 Å². The van der Waals surface area contributed by atoms with Gasteiger partial charge >= 0.3 is 0 Å². The predicted molar refractivity (Wildman–Crippen MR) is 50.6 cm³/mol. The van der Waals surface area contributed by atoms with Crippen molar-refractivity contribution in [1.82, 2.24) is 4.90 Å². The molecule has 1 fully saturated rings. The first-order chi connectivity index (χ1) is 6.20. The Labute approximate surface area is 79.8 Å². The van der Waals surface area contributed by atoms with E-state index in [0.29, 0.717) is 6.04 Å². The van der Waals surface area contributed by atoms with E-state index in [0.717, 1.165) is 19.3 Å². The number of nitrogens with zero attached hydrogens (tertiary/aromatic N) is 3. The zero-order chi connectivity index (χ0) is 9.84. The summed E-state index contributed by atoms with van der Waals surface area (Å²) in [5.41, 5.74) is 0. The second-order valence-corrected chi connectivity index (χ2v) is 3.73. The molecule has 0 aromatic heterocycles. The minimum atomic E-state index is -0.0709. The fraction of sp³-hybridized carbons (Fsp3) is 0.800. The van der Waals surface area contributed by atoms with Crippen LogP contribution in [0.5, 0.6) is 0 Å². The summed E-state index contributed by atoms with van der Waals surface area (Å²) < 4.78 is 0. The summed E-state index contributed by atoms with van der Waals surface area (Å²) in [5, 5.41) is 8.93. The molecule has 13 heavy (non-hydrogen) atoms. The Hall–Kier alpha value is -1.06. The quantitative estimate of drug-likeness (QED) is 0.574. The van der Waals surface area contributed by atoms with E-state index < -0.39 is 0 Å². The molecule has 0 saturated carbocycles. The van der Waals surface area contributed by atoms with Gasteiger partial charge in [0.15, 0.2) is 0 Å². The molecule has 1 saturated heterocycles. The lowest BCUT2D eigenvalue weighted by Crippen LogP contribution is -2.48. The minimum absolute atomic E-state index is 0.0483. The summed E-state index contributed by atoms with van der Waals surface area (Å²) in [6.45, 7) is 11.2. The molecule has 2 unspecified atom stereocenters. The Morgan fingerprint density at radius 2 is 2.23 bits per heavy atom. The Balaban J connectivity index is 2.79. The normalized spacial score (nSPS) is 29.6. The third-order valence-corrected chi connectivity index (χ3v) is 2.54. The Morgan fingerprint density at radius 1 is 1.54 bits per heavy atom. The van der Waals surface area contributed by atoms with Gasteiger partial charge in [0.25, 0.3) is 6.17 Å². The van der Waals surface area contributed by atoms with E-state index in [1.54, 1.807) is 0 Å². The third kappa shape index (κ3) is 1.99. The van der Waals surface area contributed by atoms with Gasteiger partial charge in [-0.15, -0.1) is 0 Å². The molecule has 0 radical (unpaired) electrons. The van der Waals surface area contributed by atoms with Gasteiger partial charge in [-0.05, 0) is 26.7 Å². The largest absolute Gasteiger partial charge is 0.296 e. The minimum Gasteiger partial charge on any atom is -0.296 e. The summed E-state index contributed by atoms with van der Waals surface area (Å²) in [6, 6.07) is 2.53. The lowest BCUT2D eigenvalue weighted by atomic mass is 9.99. The van der Waals surface area contributed by atoms with Crippen molar-refractivity contribution in [1.29, 1.82) is 5.26 Å². The molecular formula is C10H15N3. The smallest absolute Gasteiger partial charge is 0.280 e. The molecule has 0 bridgehead atoms. The predicted octanol–water partition coefficient (Wildman–Crippen LogP) is 2.02. The number of piperidine rings is 1. The van der Waals surface area contributed by atoms with Gasteiger partial charge in [-0.3, -0.25) is 4.85 Å². The molecule has 0 aromatic carbocycles. The van der Waals surface area contributed by atoms with Crippen LogP contribution >= 0.6 is 0 Å². The summed E-state index contributed by atoms with van der Waals surface area (Å²) in [6.07, 6.45) is 2.77. The van der Waals surface area contributed by atoms with E-state index in [-0.39, 0.29) is 12.2 Å². The van der Waals surface area contributed by atoms with Crippen LogP contribution in [0, 0.1) is 17.9 Å². The summed E-state index contributed by atoms with van der Waals surface area (Å²) in [4.78, 5) is 5.61. The van der Waals surface area contributed by atoms with E-state index in [9.17, 15) is 0 Å². The van der Waals surface area contributed by atoms with Gasteiger partial charge in [0.05, 0.1) is 6.07 Å². The number of hydrogen-bond donors (Lipinski definition) is 0. The fourth-order valence-electron chi connectivity index (χ4n) is 1.97. The molecule has 1 aliphatic heterocycles. The molecule has 1 heterocycles. The summed E-state index contributed by atoms with van der Waals surface area (Å²) >= 11 is 0. The molecule has 0 spiro atoms. The average molecular weight is 177 g/mol. The van der Waals surface area contributed by atoms with Crippen molar-refractivity contribution in [2.75, 3.05) is 0 Å². The van der Waals surface area contributed by atoms with Crippen molar-refractivity contribution in [3.05, 3.63) is 11.4 Å². The van der Waals surface area contributed by atoms with Gasteiger partial charge in [0.2, 0.25) is 0 Å². The van der Waals surface area contributed by atoms with Gasteiger partial charge in [-0.2, -0.15) is 5.26 Å².